The van der Waals surface area contributed by atoms with Crippen LogP contribution in [0.25, 0.3) is 0 Å². The maximum atomic E-state index is 11.9. The van der Waals surface area contributed by atoms with Gasteiger partial charge in [0.1, 0.15) is 6.04 Å². The number of urea groups is 1. The van der Waals surface area contributed by atoms with E-state index in [1.54, 1.807) is 4.90 Å². The summed E-state index contributed by atoms with van der Waals surface area (Å²) in [6, 6.07) is -0.256. The first-order chi connectivity index (χ1) is 6.63. The van der Waals surface area contributed by atoms with Gasteiger partial charge in [-0.2, -0.15) is 0 Å². The Bertz CT molecular complexity index is 251. The molecule has 1 atom stereocenters. The highest BCUT2D eigenvalue weighted by atomic mass is 16.2. The second-order valence-electron chi connectivity index (χ2n) is 4.29. The maximum absolute atomic E-state index is 11.9. The Balaban J connectivity index is 2.24. The van der Waals surface area contributed by atoms with E-state index in [1.165, 1.54) is 4.90 Å². The fourth-order valence-electron chi connectivity index (χ4n) is 2.29. The first-order valence-electron chi connectivity index (χ1n) is 5.26. The average molecular weight is 196 g/mol. The highest BCUT2D eigenvalue weighted by molar-refractivity contribution is 6.04. The second kappa shape index (κ2) is 3.26. The molecule has 0 spiro atoms. The number of fused-ring (bicyclic) bond motifs is 1. The first-order valence-corrected chi connectivity index (χ1v) is 5.26. The van der Waals surface area contributed by atoms with Crippen molar-refractivity contribution in [1.82, 2.24) is 9.80 Å². The van der Waals surface area contributed by atoms with Crippen LogP contribution in [0.15, 0.2) is 0 Å². The third-order valence-corrected chi connectivity index (χ3v) is 2.99. The Hall–Kier alpha value is -1.06. The molecular weight excluding hydrogens is 180 g/mol. The fourth-order valence-corrected chi connectivity index (χ4v) is 2.29. The summed E-state index contributed by atoms with van der Waals surface area (Å²) in [7, 11) is 0. The summed E-state index contributed by atoms with van der Waals surface area (Å²) in [6.07, 6.45) is 2.93. The molecule has 14 heavy (non-hydrogen) atoms. The molecule has 2 fully saturated rings. The van der Waals surface area contributed by atoms with E-state index in [4.69, 9.17) is 0 Å². The van der Waals surface area contributed by atoms with Gasteiger partial charge in [0.05, 0.1) is 0 Å². The largest absolute Gasteiger partial charge is 0.327 e. The number of carbonyl (C=O) groups excluding carboxylic acids is 2. The summed E-state index contributed by atoms with van der Waals surface area (Å²) in [4.78, 5) is 26.8. The molecule has 0 aliphatic carbocycles. The first kappa shape index (κ1) is 9.49. The Kier molecular flexibility index (Phi) is 2.21. The molecule has 0 N–H and O–H groups in total. The number of amides is 3. The summed E-state index contributed by atoms with van der Waals surface area (Å²) < 4.78 is 0. The Labute approximate surface area is 83.9 Å². The van der Waals surface area contributed by atoms with Crippen LogP contribution in [0.5, 0.6) is 0 Å². The van der Waals surface area contributed by atoms with Crippen LogP contribution in [0.1, 0.15) is 33.1 Å². The van der Waals surface area contributed by atoms with Crippen molar-refractivity contribution in [3.05, 3.63) is 0 Å². The van der Waals surface area contributed by atoms with Gasteiger partial charge in [-0.3, -0.25) is 9.69 Å². The quantitative estimate of drug-likeness (QED) is 0.591. The summed E-state index contributed by atoms with van der Waals surface area (Å²) in [6.45, 7) is 4.51. The molecule has 1 unspecified atom stereocenters. The number of piperidine rings is 1. The summed E-state index contributed by atoms with van der Waals surface area (Å²) in [5, 5.41) is 0. The lowest BCUT2D eigenvalue weighted by Crippen LogP contribution is -2.39. The molecule has 0 aromatic carbocycles. The number of rotatable bonds is 1. The van der Waals surface area contributed by atoms with E-state index in [0.717, 1.165) is 25.8 Å². The molecule has 2 aliphatic rings. The number of carbonyl (C=O) groups is 2. The SMILES string of the molecule is CC(C)N1C(=O)C2CCCCN2C1=O. The van der Waals surface area contributed by atoms with Crippen molar-refractivity contribution in [2.75, 3.05) is 6.54 Å². The molecule has 0 bridgehead atoms. The number of hydrogen-bond donors (Lipinski definition) is 0. The molecule has 0 saturated carbocycles. The minimum atomic E-state index is -0.154. The topological polar surface area (TPSA) is 40.6 Å². The zero-order valence-corrected chi connectivity index (χ0v) is 8.69. The van der Waals surface area contributed by atoms with Crippen molar-refractivity contribution in [3.8, 4) is 0 Å². The van der Waals surface area contributed by atoms with Gasteiger partial charge in [-0.25, -0.2) is 4.79 Å². The van der Waals surface area contributed by atoms with Gasteiger partial charge >= 0.3 is 6.03 Å². The van der Waals surface area contributed by atoms with Crippen molar-refractivity contribution in [2.45, 2.75) is 45.2 Å². The smallest absolute Gasteiger partial charge is 0.312 e. The lowest BCUT2D eigenvalue weighted by molar-refractivity contribution is -0.129. The predicted molar refractivity (Wildman–Crippen MR) is 51.7 cm³/mol. The number of imide groups is 1. The van der Waals surface area contributed by atoms with Crippen LogP contribution in [-0.2, 0) is 4.79 Å². The molecule has 78 valence electrons. The van der Waals surface area contributed by atoms with Gasteiger partial charge in [0.25, 0.3) is 5.91 Å². The minimum absolute atomic E-state index is 0.00435. The molecule has 2 saturated heterocycles. The van der Waals surface area contributed by atoms with E-state index in [0.29, 0.717) is 0 Å². The maximum Gasteiger partial charge on any atom is 0.327 e. The van der Waals surface area contributed by atoms with Crippen molar-refractivity contribution in [2.24, 2.45) is 0 Å². The van der Waals surface area contributed by atoms with Crippen LogP contribution in [0.4, 0.5) is 4.79 Å². The van der Waals surface area contributed by atoms with Crippen LogP contribution in [0.3, 0.4) is 0 Å². The molecule has 2 rings (SSSR count). The van der Waals surface area contributed by atoms with Gasteiger partial charge < -0.3 is 4.90 Å². The van der Waals surface area contributed by atoms with Crippen molar-refractivity contribution < 1.29 is 9.59 Å². The highest BCUT2D eigenvalue weighted by Gasteiger charge is 2.46. The zero-order chi connectivity index (χ0) is 10.3. The Morgan fingerprint density at radius 2 is 2.00 bits per heavy atom. The lowest BCUT2D eigenvalue weighted by Gasteiger charge is -2.26. The van der Waals surface area contributed by atoms with Crippen LogP contribution < -0.4 is 0 Å². The Morgan fingerprint density at radius 1 is 1.29 bits per heavy atom. The molecular formula is C10H16N2O2. The van der Waals surface area contributed by atoms with Crippen molar-refractivity contribution >= 4 is 11.9 Å². The third-order valence-electron chi connectivity index (χ3n) is 2.99. The van der Waals surface area contributed by atoms with E-state index < -0.39 is 0 Å². The van der Waals surface area contributed by atoms with Gasteiger partial charge in [-0.1, -0.05) is 0 Å². The van der Waals surface area contributed by atoms with Crippen molar-refractivity contribution in [3.63, 3.8) is 0 Å². The van der Waals surface area contributed by atoms with Crippen LogP contribution >= 0.6 is 0 Å². The van der Waals surface area contributed by atoms with Gasteiger partial charge in [-0.05, 0) is 33.1 Å². The second-order valence-corrected chi connectivity index (χ2v) is 4.29. The molecule has 4 nitrogen and oxygen atoms in total. The van der Waals surface area contributed by atoms with Crippen molar-refractivity contribution in [1.29, 1.82) is 0 Å². The summed E-state index contributed by atoms with van der Waals surface area (Å²) in [5.41, 5.74) is 0. The van der Waals surface area contributed by atoms with Gasteiger partial charge in [-0.15, -0.1) is 0 Å². The number of nitrogens with zero attached hydrogens (tertiary/aromatic N) is 2. The van der Waals surface area contributed by atoms with Crippen LogP contribution in [-0.4, -0.2) is 40.4 Å². The van der Waals surface area contributed by atoms with Crippen LogP contribution in [0.2, 0.25) is 0 Å². The van der Waals surface area contributed by atoms with E-state index in [2.05, 4.69) is 0 Å². The third kappa shape index (κ3) is 1.21. The molecule has 0 aromatic rings. The molecule has 3 amide bonds. The normalized spacial score (nSPS) is 27.5. The lowest BCUT2D eigenvalue weighted by atomic mass is 10.0. The zero-order valence-electron chi connectivity index (χ0n) is 8.69. The van der Waals surface area contributed by atoms with Gasteiger partial charge in [0.2, 0.25) is 0 Å². The van der Waals surface area contributed by atoms with E-state index in [9.17, 15) is 9.59 Å². The van der Waals surface area contributed by atoms with Crippen LogP contribution in [0, 0.1) is 0 Å². The minimum Gasteiger partial charge on any atom is -0.312 e. The molecule has 2 aliphatic heterocycles. The monoisotopic (exact) mass is 196 g/mol. The summed E-state index contributed by atoms with van der Waals surface area (Å²) in [5.74, 6) is 0.00435. The average Bonchev–Trinajstić information content (AvgIpc) is 2.41. The van der Waals surface area contributed by atoms with E-state index in [-0.39, 0.29) is 24.0 Å². The number of hydrogen-bond acceptors (Lipinski definition) is 2. The fraction of sp³-hybridized carbons (Fsp3) is 0.800. The summed E-state index contributed by atoms with van der Waals surface area (Å²) >= 11 is 0. The molecule has 0 aromatic heterocycles. The van der Waals surface area contributed by atoms with Gasteiger partial charge in [0.15, 0.2) is 0 Å². The molecule has 2 heterocycles. The van der Waals surface area contributed by atoms with E-state index in [1.807, 2.05) is 13.8 Å². The molecule has 4 heteroatoms. The predicted octanol–water partition coefficient (Wildman–Crippen LogP) is 1.21. The van der Waals surface area contributed by atoms with E-state index >= 15 is 0 Å². The molecule has 0 radical (unpaired) electrons. The highest BCUT2D eigenvalue weighted by Crippen LogP contribution is 2.27. The standard InChI is InChI=1S/C10H16N2O2/c1-7(2)12-9(13)8-5-3-4-6-11(8)10(12)14/h7-8H,3-6H2,1-2H3. The van der Waals surface area contributed by atoms with Gasteiger partial charge in [0, 0.05) is 12.6 Å². The Morgan fingerprint density at radius 3 is 2.57 bits per heavy atom.